The molecule has 0 bridgehead atoms. The van der Waals surface area contributed by atoms with Gasteiger partial charge in [-0.15, -0.1) is 0 Å². The number of hydrogen-bond donors (Lipinski definition) is 1. The molecule has 4 nitrogen and oxygen atoms in total. The van der Waals surface area contributed by atoms with Crippen LogP contribution in [-0.4, -0.2) is 22.2 Å². The van der Waals surface area contributed by atoms with Gasteiger partial charge < -0.3 is 9.84 Å². The lowest BCUT2D eigenvalue weighted by Crippen LogP contribution is -2.03. The molecule has 0 atom stereocenters. The normalized spacial score (nSPS) is 15.1. The summed E-state index contributed by atoms with van der Waals surface area (Å²) in [6.45, 7) is 0. The second-order valence-corrected chi connectivity index (χ2v) is 3.37. The molecule has 1 N–H and O–H groups in total. The second kappa shape index (κ2) is 3.65. The van der Waals surface area contributed by atoms with Gasteiger partial charge in [0.25, 0.3) is 0 Å². The van der Waals surface area contributed by atoms with Gasteiger partial charge in [-0.25, -0.2) is 0 Å². The van der Waals surface area contributed by atoms with Crippen molar-refractivity contribution in [1.29, 1.82) is 0 Å². The van der Waals surface area contributed by atoms with E-state index < -0.39 is 5.97 Å². The molecule has 0 amide bonds. The Labute approximate surface area is 81.5 Å². The fourth-order valence-electron chi connectivity index (χ4n) is 1.16. The summed E-state index contributed by atoms with van der Waals surface area (Å²) in [5, 5.41) is 8.57. The van der Waals surface area contributed by atoms with Crippen molar-refractivity contribution >= 4 is 5.97 Å². The molecule has 1 aliphatic rings. The fourth-order valence-corrected chi connectivity index (χ4v) is 1.16. The second-order valence-electron chi connectivity index (χ2n) is 3.37. The van der Waals surface area contributed by atoms with Crippen LogP contribution in [0.5, 0.6) is 5.75 Å². The monoisotopic (exact) mass is 193 g/mol. The third-order valence-corrected chi connectivity index (χ3v) is 1.95. The number of nitrogens with zero attached hydrogens (tertiary/aromatic N) is 1. The quantitative estimate of drug-likeness (QED) is 0.781. The predicted molar refractivity (Wildman–Crippen MR) is 49.2 cm³/mol. The Morgan fingerprint density at radius 3 is 3.07 bits per heavy atom. The summed E-state index contributed by atoms with van der Waals surface area (Å²) >= 11 is 0. The van der Waals surface area contributed by atoms with Gasteiger partial charge in [0.05, 0.1) is 18.2 Å². The first-order chi connectivity index (χ1) is 6.74. The van der Waals surface area contributed by atoms with Gasteiger partial charge >= 0.3 is 5.97 Å². The van der Waals surface area contributed by atoms with E-state index in [0.717, 1.165) is 18.6 Å². The molecule has 1 fully saturated rings. The molecule has 0 unspecified atom stereocenters. The molecule has 4 heteroatoms. The van der Waals surface area contributed by atoms with Crippen LogP contribution in [0.15, 0.2) is 18.3 Å². The highest BCUT2D eigenvalue weighted by Gasteiger charge is 2.23. The van der Waals surface area contributed by atoms with Gasteiger partial charge in [0.2, 0.25) is 0 Å². The van der Waals surface area contributed by atoms with Crippen LogP contribution in [0.4, 0.5) is 0 Å². The van der Waals surface area contributed by atoms with Crippen LogP contribution >= 0.6 is 0 Å². The minimum absolute atomic E-state index is 0.0537. The first-order valence-electron chi connectivity index (χ1n) is 4.57. The Balaban J connectivity index is 2.05. The average molecular weight is 193 g/mol. The van der Waals surface area contributed by atoms with Crippen molar-refractivity contribution in [1.82, 2.24) is 4.98 Å². The largest absolute Gasteiger partial charge is 0.490 e. The van der Waals surface area contributed by atoms with Crippen LogP contribution in [0.1, 0.15) is 18.5 Å². The van der Waals surface area contributed by atoms with Crippen LogP contribution in [0.2, 0.25) is 0 Å². The van der Waals surface area contributed by atoms with E-state index in [1.54, 1.807) is 18.3 Å². The zero-order chi connectivity index (χ0) is 9.97. The van der Waals surface area contributed by atoms with E-state index in [4.69, 9.17) is 9.84 Å². The number of carboxylic acids is 1. The van der Waals surface area contributed by atoms with Crippen molar-refractivity contribution in [3.8, 4) is 5.75 Å². The van der Waals surface area contributed by atoms with E-state index in [0.29, 0.717) is 11.8 Å². The lowest BCUT2D eigenvalue weighted by molar-refractivity contribution is -0.136. The van der Waals surface area contributed by atoms with Gasteiger partial charge in [-0.3, -0.25) is 9.78 Å². The maximum atomic E-state index is 10.4. The maximum Gasteiger partial charge on any atom is 0.309 e. The lowest BCUT2D eigenvalue weighted by Gasteiger charge is -2.04. The third-order valence-electron chi connectivity index (χ3n) is 1.95. The van der Waals surface area contributed by atoms with Crippen LogP contribution in [-0.2, 0) is 11.2 Å². The van der Waals surface area contributed by atoms with E-state index >= 15 is 0 Å². The van der Waals surface area contributed by atoms with Crippen molar-refractivity contribution in [3.05, 3.63) is 24.0 Å². The van der Waals surface area contributed by atoms with Crippen molar-refractivity contribution < 1.29 is 14.6 Å². The average Bonchev–Trinajstić information content (AvgIpc) is 2.87. The molecular formula is C10H11NO3. The van der Waals surface area contributed by atoms with Gasteiger partial charge in [0.15, 0.2) is 0 Å². The molecule has 0 aliphatic heterocycles. The number of aliphatic carboxylic acids is 1. The zero-order valence-corrected chi connectivity index (χ0v) is 7.64. The van der Waals surface area contributed by atoms with Crippen molar-refractivity contribution in [3.63, 3.8) is 0 Å². The van der Waals surface area contributed by atoms with Gasteiger partial charge in [-0.05, 0) is 18.9 Å². The Bertz CT molecular complexity index is 347. The lowest BCUT2D eigenvalue weighted by atomic mass is 10.2. The molecule has 1 aromatic rings. The van der Waals surface area contributed by atoms with E-state index in [1.807, 2.05) is 0 Å². The van der Waals surface area contributed by atoms with E-state index in [9.17, 15) is 4.79 Å². The number of aromatic nitrogens is 1. The number of pyridine rings is 1. The summed E-state index contributed by atoms with van der Waals surface area (Å²) < 4.78 is 5.51. The highest BCUT2D eigenvalue weighted by Crippen LogP contribution is 2.26. The van der Waals surface area contributed by atoms with E-state index in [-0.39, 0.29) is 6.42 Å². The van der Waals surface area contributed by atoms with Crippen molar-refractivity contribution in [2.75, 3.05) is 0 Å². The highest BCUT2D eigenvalue weighted by atomic mass is 16.5. The summed E-state index contributed by atoms with van der Waals surface area (Å²) in [5.41, 5.74) is 0.538. The number of carbonyl (C=O) groups is 1. The molecule has 0 saturated heterocycles. The molecule has 14 heavy (non-hydrogen) atoms. The number of ether oxygens (including phenoxy) is 1. The van der Waals surface area contributed by atoms with E-state index in [1.165, 1.54) is 0 Å². The summed E-state index contributed by atoms with van der Waals surface area (Å²) in [5.74, 6) is -0.153. The summed E-state index contributed by atoms with van der Waals surface area (Å²) in [6.07, 6.45) is 4.04. The smallest absolute Gasteiger partial charge is 0.309 e. The Morgan fingerprint density at radius 1 is 1.64 bits per heavy atom. The Morgan fingerprint density at radius 2 is 2.43 bits per heavy atom. The SMILES string of the molecule is O=C(O)Cc1cc(OC2CC2)ccn1. The van der Waals surface area contributed by atoms with Gasteiger partial charge in [0.1, 0.15) is 5.75 Å². The summed E-state index contributed by atoms with van der Waals surface area (Å²) in [7, 11) is 0. The molecule has 0 spiro atoms. The maximum absolute atomic E-state index is 10.4. The predicted octanol–water partition coefficient (Wildman–Crippen LogP) is 1.25. The molecule has 1 aromatic heterocycles. The van der Waals surface area contributed by atoms with Crippen molar-refractivity contribution in [2.24, 2.45) is 0 Å². The molecule has 1 heterocycles. The molecule has 1 saturated carbocycles. The van der Waals surface area contributed by atoms with Crippen LogP contribution < -0.4 is 4.74 Å². The molecule has 0 aromatic carbocycles. The Hall–Kier alpha value is -1.58. The molecule has 74 valence electrons. The van der Waals surface area contributed by atoms with Crippen LogP contribution in [0, 0.1) is 0 Å². The van der Waals surface area contributed by atoms with Crippen LogP contribution in [0.25, 0.3) is 0 Å². The minimum Gasteiger partial charge on any atom is -0.490 e. The standard InChI is InChI=1S/C10H11NO3/c12-10(13)6-7-5-9(3-4-11-7)14-8-1-2-8/h3-5,8H,1-2,6H2,(H,12,13). The highest BCUT2D eigenvalue weighted by molar-refractivity contribution is 5.69. The van der Waals surface area contributed by atoms with E-state index in [2.05, 4.69) is 4.98 Å². The van der Waals surface area contributed by atoms with Gasteiger partial charge in [0, 0.05) is 12.3 Å². The third kappa shape index (κ3) is 2.45. The molecule has 0 radical (unpaired) electrons. The Kier molecular flexibility index (Phi) is 2.35. The van der Waals surface area contributed by atoms with Crippen LogP contribution in [0.3, 0.4) is 0 Å². The van der Waals surface area contributed by atoms with Gasteiger partial charge in [-0.1, -0.05) is 0 Å². The first-order valence-corrected chi connectivity index (χ1v) is 4.57. The molecular weight excluding hydrogens is 182 g/mol. The first kappa shape index (κ1) is 8.99. The molecule has 1 aliphatic carbocycles. The zero-order valence-electron chi connectivity index (χ0n) is 7.64. The molecule has 2 rings (SSSR count). The summed E-state index contributed by atoms with van der Waals surface area (Å²) in [6, 6.07) is 3.44. The number of rotatable bonds is 4. The minimum atomic E-state index is -0.874. The van der Waals surface area contributed by atoms with Gasteiger partial charge in [-0.2, -0.15) is 0 Å². The topological polar surface area (TPSA) is 59.4 Å². The fraction of sp³-hybridized carbons (Fsp3) is 0.400. The number of hydrogen-bond acceptors (Lipinski definition) is 3. The van der Waals surface area contributed by atoms with Crippen molar-refractivity contribution in [2.45, 2.75) is 25.4 Å². The number of carboxylic acid groups (broad SMARTS) is 1. The summed E-state index contributed by atoms with van der Waals surface area (Å²) in [4.78, 5) is 14.4.